The van der Waals surface area contributed by atoms with E-state index in [1.54, 1.807) is 0 Å². The lowest BCUT2D eigenvalue weighted by Gasteiger charge is -2.49. The van der Waals surface area contributed by atoms with Crippen LogP contribution in [-0.4, -0.2) is 35.7 Å². The van der Waals surface area contributed by atoms with E-state index in [0.29, 0.717) is 6.54 Å². The number of benzene rings is 1. The average Bonchev–Trinajstić information content (AvgIpc) is 2.36. The Labute approximate surface area is 129 Å². The number of hydrogen-bond acceptors (Lipinski definition) is 3. The minimum Gasteiger partial charge on any atom is -0.367 e. The lowest BCUT2D eigenvalue weighted by molar-refractivity contribution is -0.187. The van der Waals surface area contributed by atoms with Gasteiger partial charge in [0.2, 0.25) is 0 Å². The Bertz CT molecular complexity index is 466. The summed E-state index contributed by atoms with van der Waals surface area (Å²) in [5, 5.41) is 0. The molecule has 2 rings (SSSR count). The predicted octanol–water partition coefficient (Wildman–Crippen LogP) is 3.14. The third kappa shape index (κ3) is 3.85. The van der Waals surface area contributed by atoms with Crippen molar-refractivity contribution >= 4 is 0 Å². The van der Waals surface area contributed by atoms with Crippen molar-refractivity contribution in [2.45, 2.75) is 58.3 Å². The summed E-state index contributed by atoms with van der Waals surface area (Å²) in [6, 6.07) is 8.95. The summed E-state index contributed by atoms with van der Waals surface area (Å²) in [6.07, 6.45) is 1.05. The standard InChI is InChI=1S/C18H30N2O/c1-6-14-9-7-8-10-15(14)16(11-19)20-12-17(2,3)21-18(4,5)13-20/h7-10,16H,6,11-13,19H2,1-5H3. The van der Waals surface area contributed by atoms with Crippen molar-refractivity contribution in [2.75, 3.05) is 19.6 Å². The molecule has 1 aliphatic rings. The van der Waals surface area contributed by atoms with Crippen molar-refractivity contribution in [3.05, 3.63) is 35.4 Å². The van der Waals surface area contributed by atoms with Gasteiger partial charge < -0.3 is 10.5 Å². The Morgan fingerprint density at radius 1 is 1.14 bits per heavy atom. The zero-order chi connectivity index (χ0) is 15.7. The summed E-state index contributed by atoms with van der Waals surface area (Å²) in [5.41, 5.74) is 8.64. The fraction of sp³-hybridized carbons (Fsp3) is 0.667. The lowest BCUT2D eigenvalue weighted by atomic mass is 9.92. The molecule has 21 heavy (non-hydrogen) atoms. The number of nitrogens with zero attached hydrogens (tertiary/aromatic N) is 1. The molecule has 1 aliphatic heterocycles. The van der Waals surface area contributed by atoms with Crippen LogP contribution in [0.15, 0.2) is 24.3 Å². The molecular formula is C18H30N2O. The van der Waals surface area contributed by atoms with Gasteiger partial charge in [-0.05, 0) is 45.2 Å². The van der Waals surface area contributed by atoms with Gasteiger partial charge in [-0.15, -0.1) is 0 Å². The van der Waals surface area contributed by atoms with Crippen molar-refractivity contribution in [3.63, 3.8) is 0 Å². The fourth-order valence-corrected chi connectivity index (χ4v) is 3.72. The molecule has 1 atom stereocenters. The molecule has 1 heterocycles. The molecule has 1 aromatic carbocycles. The monoisotopic (exact) mass is 290 g/mol. The van der Waals surface area contributed by atoms with Crippen LogP contribution >= 0.6 is 0 Å². The van der Waals surface area contributed by atoms with Crippen LogP contribution < -0.4 is 5.73 Å². The van der Waals surface area contributed by atoms with Gasteiger partial charge in [0.25, 0.3) is 0 Å². The van der Waals surface area contributed by atoms with E-state index in [1.165, 1.54) is 11.1 Å². The molecule has 0 bridgehead atoms. The second kappa shape index (κ2) is 6.07. The molecule has 0 radical (unpaired) electrons. The number of aryl methyl sites for hydroxylation is 1. The molecule has 0 aliphatic carbocycles. The van der Waals surface area contributed by atoms with Crippen LogP contribution in [0.1, 0.15) is 51.8 Å². The van der Waals surface area contributed by atoms with Gasteiger partial charge in [0.1, 0.15) is 0 Å². The molecule has 2 N–H and O–H groups in total. The van der Waals surface area contributed by atoms with Crippen LogP contribution in [0, 0.1) is 0 Å². The summed E-state index contributed by atoms with van der Waals surface area (Å²) in [6.45, 7) is 13.3. The smallest absolute Gasteiger partial charge is 0.0761 e. The summed E-state index contributed by atoms with van der Waals surface area (Å²) >= 11 is 0. The minimum atomic E-state index is -0.143. The summed E-state index contributed by atoms with van der Waals surface area (Å²) < 4.78 is 6.20. The van der Waals surface area contributed by atoms with Crippen LogP contribution in [0.4, 0.5) is 0 Å². The number of nitrogens with two attached hydrogens (primary N) is 1. The largest absolute Gasteiger partial charge is 0.367 e. The van der Waals surface area contributed by atoms with Crippen LogP contribution in [0.2, 0.25) is 0 Å². The van der Waals surface area contributed by atoms with Crippen LogP contribution in [-0.2, 0) is 11.2 Å². The third-order valence-corrected chi connectivity index (χ3v) is 4.18. The molecule has 1 aromatic rings. The Morgan fingerprint density at radius 3 is 2.24 bits per heavy atom. The molecule has 0 aromatic heterocycles. The van der Waals surface area contributed by atoms with Gasteiger partial charge in [-0.2, -0.15) is 0 Å². The van der Waals surface area contributed by atoms with E-state index in [2.05, 4.69) is 63.8 Å². The summed E-state index contributed by atoms with van der Waals surface area (Å²) in [5.74, 6) is 0. The maximum Gasteiger partial charge on any atom is 0.0761 e. The van der Waals surface area contributed by atoms with E-state index in [4.69, 9.17) is 10.5 Å². The van der Waals surface area contributed by atoms with Gasteiger partial charge in [-0.3, -0.25) is 4.90 Å². The summed E-state index contributed by atoms with van der Waals surface area (Å²) in [7, 11) is 0. The van der Waals surface area contributed by atoms with Gasteiger partial charge >= 0.3 is 0 Å². The maximum atomic E-state index is 6.20. The van der Waals surface area contributed by atoms with Crippen LogP contribution in [0.3, 0.4) is 0 Å². The van der Waals surface area contributed by atoms with E-state index in [-0.39, 0.29) is 17.2 Å². The first-order valence-electron chi connectivity index (χ1n) is 8.00. The molecular weight excluding hydrogens is 260 g/mol. The van der Waals surface area contributed by atoms with E-state index in [9.17, 15) is 0 Å². The first kappa shape index (κ1) is 16.5. The predicted molar refractivity (Wildman–Crippen MR) is 88.4 cm³/mol. The number of ether oxygens (including phenoxy) is 1. The SMILES string of the molecule is CCc1ccccc1C(CN)N1CC(C)(C)OC(C)(C)C1. The van der Waals surface area contributed by atoms with Crippen molar-refractivity contribution < 1.29 is 4.74 Å². The van der Waals surface area contributed by atoms with E-state index >= 15 is 0 Å². The molecule has 1 saturated heterocycles. The Morgan fingerprint density at radius 2 is 1.71 bits per heavy atom. The van der Waals surface area contributed by atoms with E-state index in [1.807, 2.05) is 0 Å². The molecule has 3 heteroatoms. The van der Waals surface area contributed by atoms with E-state index in [0.717, 1.165) is 19.5 Å². The van der Waals surface area contributed by atoms with Crippen molar-refractivity contribution in [3.8, 4) is 0 Å². The second-order valence-electron chi connectivity index (χ2n) is 7.33. The Kier molecular flexibility index (Phi) is 4.76. The number of rotatable bonds is 4. The number of morpholine rings is 1. The van der Waals surface area contributed by atoms with Gasteiger partial charge in [0, 0.05) is 25.7 Å². The fourth-order valence-electron chi connectivity index (χ4n) is 3.72. The lowest BCUT2D eigenvalue weighted by Crippen LogP contribution is -2.58. The molecule has 118 valence electrons. The van der Waals surface area contributed by atoms with Crippen molar-refractivity contribution in [1.29, 1.82) is 0 Å². The van der Waals surface area contributed by atoms with Crippen LogP contribution in [0.5, 0.6) is 0 Å². The topological polar surface area (TPSA) is 38.5 Å². The molecule has 0 amide bonds. The molecule has 0 spiro atoms. The van der Waals surface area contributed by atoms with Crippen LogP contribution in [0.25, 0.3) is 0 Å². The quantitative estimate of drug-likeness (QED) is 0.926. The van der Waals surface area contributed by atoms with Gasteiger partial charge in [-0.1, -0.05) is 31.2 Å². The van der Waals surface area contributed by atoms with Crippen molar-refractivity contribution in [2.24, 2.45) is 5.73 Å². The first-order chi connectivity index (χ1) is 9.78. The normalized spacial score (nSPS) is 23.0. The van der Waals surface area contributed by atoms with Gasteiger partial charge in [0.15, 0.2) is 0 Å². The minimum absolute atomic E-state index is 0.143. The van der Waals surface area contributed by atoms with Crippen molar-refractivity contribution in [1.82, 2.24) is 4.90 Å². The summed E-state index contributed by atoms with van der Waals surface area (Å²) in [4.78, 5) is 2.50. The highest BCUT2D eigenvalue weighted by molar-refractivity contribution is 5.30. The maximum absolute atomic E-state index is 6.20. The Hall–Kier alpha value is -0.900. The number of hydrogen-bond donors (Lipinski definition) is 1. The zero-order valence-corrected chi connectivity index (χ0v) is 14.1. The first-order valence-corrected chi connectivity index (χ1v) is 8.00. The molecule has 1 unspecified atom stereocenters. The average molecular weight is 290 g/mol. The van der Waals surface area contributed by atoms with Gasteiger partial charge in [0.05, 0.1) is 11.2 Å². The molecule has 0 saturated carbocycles. The molecule has 3 nitrogen and oxygen atoms in total. The molecule has 1 fully saturated rings. The highest BCUT2D eigenvalue weighted by Crippen LogP contribution is 2.34. The highest BCUT2D eigenvalue weighted by Gasteiger charge is 2.40. The highest BCUT2D eigenvalue weighted by atomic mass is 16.5. The van der Waals surface area contributed by atoms with Gasteiger partial charge in [-0.25, -0.2) is 0 Å². The van der Waals surface area contributed by atoms with E-state index < -0.39 is 0 Å². The zero-order valence-electron chi connectivity index (χ0n) is 14.1. The Balaban J connectivity index is 2.32. The second-order valence-corrected chi connectivity index (χ2v) is 7.33. The third-order valence-electron chi connectivity index (χ3n) is 4.18.